The number of benzene rings is 1. The molecule has 0 radical (unpaired) electrons. The Balaban J connectivity index is 1.45. The van der Waals surface area contributed by atoms with Crippen LogP contribution in [0.5, 0.6) is 5.75 Å². The number of fused-ring (bicyclic) bond motifs is 3. The quantitative estimate of drug-likeness (QED) is 0.371. The highest BCUT2D eigenvalue weighted by molar-refractivity contribution is 5.96. The van der Waals surface area contributed by atoms with E-state index in [1.807, 2.05) is 13.0 Å². The molecule has 2 aliphatic rings. The molecule has 0 atom stereocenters. The van der Waals surface area contributed by atoms with E-state index in [-0.39, 0.29) is 30.0 Å². The summed E-state index contributed by atoms with van der Waals surface area (Å²) < 4.78 is 8.74. The Bertz CT molecular complexity index is 1720. The van der Waals surface area contributed by atoms with E-state index in [4.69, 9.17) is 14.7 Å². The summed E-state index contributed by atoms with van der Waals surface area (Å²) in [5.74, 6) is 1.53. The molecule has 3 aromatic heterocycles. The summed E-state index contributed by atoms with van der Waals surface area (Å²) in [5, 5.41) is 3.68. The molecule has 1 N–H and O–H groups in total. The lowest BCUT2D eigenvalue weighted by Gasteiger charge is -2.38. The molecule has 0 unspecified atom stereocenters. The van der Waals surface area contributed by atoms with E-state index in [1.165, 1.54) is 22.0 Å². The zero-order chi connectivity index (χ0) is 28.2. The lowest BCUT2D eigenvalue weighted by atomic mass is 9.78. The standard InChI is InChI=1S/C29H32N8O3/c1-6-12-36-27(39)20-14-30-28(31-19-9-8-18-15-34(5)17-29(3,4)21(18)13-19)33-25(20)37(36)23-11-10-22-26(32-23)35(7-2)24(38)16-40-22/h6,8-11,13-14H,1,7,12,15-17H2,2-5H3,(H,30,31,33). The van der Waals surface area contributed by atoms with Gasteiger partial charge in [-0.25, -0.2) is 19.3 Å². The summed E-state index contributed by atoms with van der Waals surface area (Å²) >= 11 is 0. The minimum atomic E-state index is -0.264. The number of rotatable bonds is 6. The van der Waals surface area contributed by atoms with E-state index in [9.17, 15) is 9.59 Å². The fraction of sp³-hybridized carbons (Fsp3) is 0.345. The molecule has 11 nitrogen and oxygen atoms in total. The first-order valence-electron chi connectivity index (χ1n) is 13.3. The summed E-state index contributed by atoms with van der Waals surface area (Å²) in [5.41, 5.74) is 3.60. The second kappa shape index (κ2) is 9.60. The molecule has 0 fully saturated rings. The number of amides is 1. The van der Waals surface area contributed by atoms with Crippen LogP contribution in [-0.4, -0.2) is 61.9 Å². The van der Waals surface area contributed by atoms with Gasteiger partial charge < -0.3 is 15.0 Å². The highest BCUT2D eigenvalue weighted by Crippen LogP contribution is 2.35. The van der Waals surface area contributed by atoms with Gasteiger partial charge in [-0.05, 0) is 49.4 Å². The highest BCUT2D eigenvalue weighted by atomic mass is 16.5. The van der Waals surface area contributed by atoms with E-state index in [2.05, 4.69) is 54.8 Å². The summed E-state index contributed by atoms with van der Waals surface area (Å²) in [6.45, 7) is 12.7. The Morgan fingerprint density at radius 1 is 1.18 bits per heavy atom. The Hall–Kier alpha value is -4.51. The fourth-order valence-corrected chi connectivity index (χ4v) is 5.78. The highest BCUT2D eigenvalue weighted by Gasteiger charge is 2.31. The van der Waals surface area contributed by atoms with Crippen molar-refractivity contribution in [2.45, 2.75) is 39.3 Å². The van der Waals surface area contributed by atoms with Crippen molar-refractivity contribution < 1.29 is 9.53 Å². The summed E-state index contributed by atoms with van der Waals surface area (Å²) in [7, 11) is 2.14. The number of carbonyl (C=O) groups excluding carboxylic acids is 1. The number of hydrogen-bond donors (Lipinski definition) is 1. The number of hydrogen-bond acceptors (Lipinski definition) is 8. The molecule has 11 heteroatoms. The van der Waals surface area contributed by atoms with E-state index < -0.39 is 0 Å². The van der Waals surface area contributed by atoms with Gasteiger partial charge in [-0.15, -0.1) is 6.58 Å². The van der Waals surface area contributed by atoms with Crippen LogP contribution in [0.1, 0.15) is 31.9 Å². The number of nitrogens with zero attached hydrogens (tertiary/aromatic N) is 7. The van der Waals surface area contributed by atoms with Gasteiger partial charge in [0.1, 0.15) is 5.39 Å². The van der Waals surface area contributed by atoms with E-state index in [0.717, 1.165) is 18.8 Å². The first kappa shape index (κ1) is 25.8. The Labute approximate surface area is 231 Å². The predicted octanol–water partition coefficient (Wildman–Crippen LogP) is 3.38. The first-order chi connectivity index (χ1) is 19.2. The summed E-state index contributed by atoms with van der Waals surface area (Å²) in [6.07, 6.45) is 3.17. The summed E-state index contributed by atoms with van der Waals surface area (Å²) in [6, 6.07) is 9.84. The van der Waals surface area contributed by atoms with Crippen molar-refractivity contribution in [1.29, 1.82) is 0 Å². The number of allylic oxidation sites excluding steroid dienone is 1. The lowest BCUT2D eigenvalue weighted by molar-refractivity contribution is -0.121. The van der Waals surface area contributed by atoms with Crippen molar-refractivity contribution in [3.8, 4) is 11.6 Å². The molecule has 0 saturated heterocycles. The third-order valence-electron chi connectivity index (χ3n) is 7.44. The molecular formula is C29H32N8O3. The van der Waals surface area contributed by atoms with Crippen LogP contribution in [0.3, 0.4) is 0 Å². The number of ether oxygens (including phenoxy) is 1. The van der Waals surface area contributed by atoms with Crippen LogP contribution in [0.2, 0.25) is 0 Å². The topological polar surface area (TPSA) is 110 Å². The normalized spacial score (nSPS) is 16.4. The molecule has 40 heavy (non-hydrogen) atoms. The molecule has 0 spiro atoms. The van der Waals surface area contributed by atoms with Crippen molar-refractivity contribution >= 4 is 34.4 Å². The molecule has 0 bridgehead atoms. The molecule has 1 aromatic carbocycles. The van der Waals surface area contributed by atoms with Gasteiger partial charge in [0.15, 0.2) is 29.6 Å². The van der Waals surface area contributed by atoms with Gasteiger partial charge >= 0.3 is 0 Å². The zero-order valence-electron chi connectivity index (χ0n) is 23.1. The van der Waals surface area contributed by atoms with Crippen molar-refractivity contribution in [2.24, 2.45) is 0 Å². The van der Waals surface area contributed by atoms with Crippen LogP contribution in [-0.2, 0) is 23.3 Å². The van der Waals surface area contributed by atoms with Gasteiger partial charge in [0, 0.05) is 36.9 Å². The van der Waals surface area contributed by atoms with Crippen LogP contribution in [0.25, 0.3) is 16.9 Å². The average molecular weight is 541 g/mol. The van der Waals surface area contributed by atoms with E-state index in [1.54, 1.807) is 27.8 Å². The average Bonchev–Trinajstić information content (AvgIpc) is 3.19. The fourth-order valence-electron chi connectivity index (χ4n) is 5.78. The minimum absolute atomic E-state index is 0.00279. The number of anilines is 3. The van der Waals surface area contributed by atoms with E-state index >= 15 is 0 Å². The maximum Gasteiger partial charge on any atom is 0.278 e. The molecule has 6 rings (SSSR count). The van der Waals surface area contributed by atoms with Crippen LogP contribution in [0, 0.1) is 0 Å². The molecule has 0 saturated carbocycles. The SMILES string of the molecule is C=CCn1c(=O)c2cnc(Nc3ccc4c(c3)C(C)(C)CN(C)C4)nc2n1-c1ccc2c(n1)N(CC)C(=O)CO2. The Morgan fingerprint density at radius 2 is 2.00 bits per heavy atom. The molecular weight excluding hydrogens is 508 g/mol. The Morgan fingerprint density at radius 3 is 2.77 bits per heavy atom. The van der Waals surface area contributed by atoms with Crippen LogP contribution in [0.15, 0.2) is 54.0 Å². The number of pyridine rings is 1. The third-order valence-corrected chi connectivity index (χ3v) is 7.44. The van der Waals surface area contributed by atoms with Gasteiger partial charge in [0.05, 0.1) is 6.54 Å². The number of nitrogens with one attached hydrogen (secondary N) is 1. The molecule has 2 aliphatic heterocycles. The minimum Gasteiger partial charge on any atom is -0.480 e. The maximum absolute atomic E-state index is 13.4. The largest absolute Gasteiger partial charge is 0.480 e. The number of carbonyl (C=O) groups is 1. The smallest absolute Gasteiger partial charge is 0.278 e. The lowest BCUT2D eigenvalue weighted by Crippen LogP contribution is -2.39. The summed E-state index contributed by atoms with van der Waals surface area (Å²) in [4.78, 5) is 43.7. The third kappa shape index (κ3) is 4.22. The van der Waals surface area contributed by atoms with Gasteiger partial charge in [-0.2, -0.15) is 4.98 Å². The van der Waals surface area contributed by atoms with Gasteiger partial charge in [-0.1, -0.05) is 26.0 Å². The van der Waals surface area contributed by atoms with Gasteiger partial charge in [0.2, 0.25) is 5.95 Å². The number of likely N-dealkylation sites (N-methyl/N-ethyl adjacent to an activating group) is 2. The Kier molecular flexibility index (Phi) is 6.18. The zero-order valence-corrected chi connectivity index (χ0v) is 23.1. The van der Waals surface area contributed by atoms with Crippen molar-refractivity contribution in [2.75, 3.05) is 37.0 Å². The molecule has 206 valence electrons. The van der Waals surface area contributed by atoms with Crippen molar-refractivity contribution in [3.05, 3.63) is 70.7 Å². The molecule has 0 aliphatic carbocycles. The van der Waals surface area contributed by atoms with Crippen molar-refractivity contribution in [1.82, 2.24) is 29.2 Å². The second-order valence-electron chi connectivity index (χ2n) is 10.9. The maximum atomic E-state index is 13.4. The molecule has 5 heterocycles. The molecule has 4 aromatic rings. The van der Waals surface area contributed by atoms with Gasteiger partial charge in [-0.3, -0.25) is 14.5 Å². The predicted molar refractivity (Wildman–Crippen MR) is 154 cm³/mol. The monoisotopic (exact) mass is 540 g/mol. The van der Waals surface area contributed by atoms with E-state index in [0.29, 0.717) is 40.9 Å². The van der Waals surface area contributed by atoms with Crippen LogP contribution in [0.4, 0.5) is 17.5 Å². The van der Waals surface area contributed by atoms with Crippen LogP contribution >= 0.6 is 0 Å². The van der Waals surface area contributed by atoms with Gasteiger partial charge in [0.25, 0.3) is 11.5 Å². The first-order valence-corrected chi connectivity index (χ1v) is 13.3. The molecule has 1 amide bonds. The van der Waals surface area contributed by atoms with Crippen LogP contribution < -0.4 is 20.5 Å². The number of aromatic nitrogens is 5. The van der Waals surface area contributed by atoms with Crippen molar-refractivity contribution in [3.63, 3.8) is 0 Å². The second-order valence-corrected chi connectivity index (χ2v) is 10.9.